The molecule has 0 aliphatic rings. The first-order valence-corrected chi connectivity index (χ1v) is 10.5. The molecular weight excluding hydrogens is 436 g/mol. The van der Waals surface area contributed by atoms with Crippen molar-refractivity contribution in [2.75, 3.05) is 13.2 Å². The second-order valence-corrected chi connectivity index (χ2v) is 7.02. The van der Waals surface area contributed by atoms with Crippen molar-refractivity contribution in [3.05, 3.63) is 59.7 Å². The molecule has 0 bridgehead atoms. The maximum absolute atomic E-state index is 12.3. The average Bonchev–Trinajstić information content (AvgIpc) is 2.81. The Balaban J connectivity index is 1.72. The highest BCUT2D eigenvalue weighted by Gasteiger charge is 2.12. The SMILES string of the molecule is CCCCCCOc1ccc(C(=O)NNC(=O)CNC(=O)c2cccc(OC(F)F)c2)cc1. The van der Waals surface area contributed by atoms with E-state index in [0.29, 0.717) is 17.9 Å². The second-order valence-electron chi connectivity index (χ2n) is 7.02. The molecule has 33 heavy (non-hydrogen) atoms. The molecular formula is C23H27F2N3O5. The van der Waals surface area contributed by atoms with Gasteiger partial charge in [0.2, 0.25) is 0 Å². The number of nitrogens with one attached hydrogen (secondary N) is 3. The van der Waals surface area contributed by atoms with Gasteiger partial charge >= 0.3 is 6.61 Å². The molecule has 0 radical (unpaired) electrons. The van der Waals surface area contributed by atoms with Gasteiger partial charge in [-0.3, -0.25) is 25.2 Å². The van der Waals surface area contributed by atoms with Crippen molar-refractivity contribution in [2.45, 2.75) is 39.2 Å². The van der Waals surface area contributed by atoms with Crippen LogP contribution in [0, 0.1) is 0 Å². The molecule has 2 aromatic rings. The Kier molecular flexibility index (Phi) is 10.6. The minimum absolute atomic E-state index is 0.0395. The van der Waals surface area contributed by atoms with Crippen LogP contribution in [0.2, 0.25) is 0 Å². The highest BCUT2D eigenvalue weighted by molar-refractivity contribution is 5.98. The van der Waals surface area contributed by atoms with Crippen LogP contribution in [-0.4, -0.2) is 37.5 Å². The van der Waals surface area contributed by atoms with Gasteiger partial charge in [0.1, 0.15) is 11.5 Å². The van der Waals surface area contributed by atoms with Crippen molar-refractivity contribution in [1.29, 1.82) is 0 Å². The van der Waals surface area contributed by atoms with Crippen LogP contribution in [-0.2, 0) is 4.79 Å². The summed E-state index contributed by atoms with van der Waals surface area (Å²) in [6, 6.07) is 11.6. The summed E-state index contributed by atoms with van der Waals surface area (Å²) in [5.41, 5.74) is 4.78. The van der Waals surface area contributed by atoms with Crippen LogP contribution in [0.1, 0.15) is 53.3 Å². The first-order chi connectivity index (χ1) is 15.9. The van der Waals surface area contributed by atoms with Gasteiger partial charge in [0, 0.05) is 11.1 Å². The molecule has 0 saturated heterocycles. The molecule has 0 atom stereocenters. The molecule has 8 nitrogen and oxygen atoms in total. The molecule has 0 aliphatic heterocycles. The van der Waals surface area contributed by atoms with Gasteiger partial charge in [0.05, 0.1) is 13.2 Å². The Hall–Kier alpha value is -3.69. The molecule has 0 aromatic heterocycles. The van der Waals surface area contributed by atoms with E-state index in [1.54, 1.807) is 24.3 Å². The van der Waals surface area contributed by atoms with Crippen molar-refractivity contribution in [2.24, 2.45) is 0 Å². The molecule has 0 unspecified atom stereocenters. The lowest BCUT2D eigenvalue weighted by molar-refractivity contribution is -0.120. The number of hydrogen-bond acceptors (Lipinski definition) is 5. The van der Waals surface area contributed by atoms with Crippen molar-refractivity contribution < 1.29 is 32.6 Å². The smallest absolute Gasteiger partial charge is 0.387 e. The van der Waals surface area contributed by atoms with Crippen molar-refractivity contribution in [3.8, 4) is 11.5 Å². The quantitative estimate of drug-likeness (QED) is 0.330. The van der Waals surface area contributed by atoms with E-state index in [-0.39, 0.29) is 11.3 Å². The second kappa shape index (κ2) is 13.7. The topological polar surface area (TPSA) is 106 Å². The third kappa shape index (κ3) is 9.55. The fraction of sp³-hybridized carbons (Fsp3) is 0.348. The maximum Gasteiger partial charge on any atom is 0.387 e. The highest BCUT2D eigenvalue weighted by atomic mass is 19.3. The normalized spacial score (nSPS) is 10.4. The lowest BCUT2D eigenvalue weighted by atomic mass is 10.2. The molecule has 178 valence electrons. The summed E-state index contributed by atoms with van der Waals surface area (Å²) in [5.74, 6) is -1.41. The molecule has 0 fully saturated rings. The van der Waals surface area contributed by atoms with Gasteiger partial charge in [0.25, 0.3) is 17.7 Å². The molecule has 0 aliphatic carbocycles. The monoisotopic (exact) mass is 463 g/mol. The third-order valence-electron chi connectivity index (χ3n) is 4.43. The Morgan fingerprint density at radius 3 is 2.33 bits per heavy atom. The Morgan fingerprint density at radius 2 is 1.64 bits per heavy atom. The molecule has 0 saturated carbocycles. The van der Waals surface area contributed by atoms with Crippen molar-refractivity contribution >= 4 is 17.7 Å². The molecule has 2 aromatic carbocycles. The number of amides is 3. The van der Waals surface area contributed by atoms with E-state index in [1.165, 1.54) is 24.6 Å². The van der Waals surface area contributed by atoms with Crippen LogP contribution >= 0.6 is 0 Å². The molecule has 2 rings (SSSR count). The number of ether oxygens (including phenoxy) is 2. The zero-order valence-corrected chi connectivity index (χ0v) is 18.2. The minimum atomic E-state index is -3.02. The largest absolute Gasteiger partial charge is 0.494 e. The predicted octanol–water partition coefficient (Wildman–Crippen LogP) is 3.44. The number of hydrogen-bond donors (Lipinski definition) is 3. The summed E-state index contributed by atoms with van der Waals surface area (Å²) >= 11 is 0. The summed E-state index contributed by atoms with van der Waals surface area (Å²) in [6.45, 7) is -0.711. The van der Waals surface area contributed by atoms with E-state index in [4.69, 9.17) is 4.74 Å². The predicted molar refractivity (Wildman–Crippen MR) is 117 cm³/mol. The van der Waals surface area contributed by atoms with Crippen LogP contribution in [0.3, 0.4) is 0 Å². The average molecular weight is 463 g/mol. The summed E-state index contributed by atoms with van der Waals surface area (Å²) < 4.78 is 34.4. The van der Waals surface area contributed by atoms with Crippen molar-refractivity contribution in [3.63, 3.8) is 0 Å². The summed E-state index contributed by atoms with van der Waals surface area (Å²) in [4.78, 5) is 36.1. The van der Waals surface area contributed by atoms with Crippen LogP contribution in [0.25, 0.3) is 0 Å². The fourth-order valence-electron chi connectivity index (χ4n) is 2.74. The van der Waals surface area contributed by atoms with Crippen LogP contribution in [0.4, 0.5) is 8.78 Å². The Labute approximate surface area is 190 Å². The van der Waals surface area contributed by atoms with Gasteiger partial charge in [-0.05, 0) is 48.9 Å². The zero-order chi connectivity index (χ0) is 24.1. The lowest BCUT2D eigenvalue weighted by Crippen LogP contribution is -2.46. The number of carbonyl (C=O) groups excluding carboxylic acids is 3. The van der Waals surface area contributed by atoms with Gasteiger partial charge in [-0.15, -0.1) is 0 Å². The van der Waals surface area contributed by atoms with Gasteiger partial charge in [-0.1, -0.05) is 32.3 Å². The van der Waals surface area contributed by atoms with Crippen LogP contribution < -0.4 is 25.6 Å². The number of unbranched alkanes of at least 4 members (excludes halogenated alkanes) is 3. The van der Waals surface area contributed by atoms with Gasteiger partial charge in [-0.25, -0.2) is 0 Å². The number of hydrazine groups is 1. The Morgan fingerprint density at radius 1 is 0.879 bits per heavy atom. The minimum Gasteiger partial charge on any atom is -0.494 e. The molecule has 0 spiro atoms. The third-order valence-corrected chi connectivity index (χ3v) is 4.43. The van der Waals surface area contributed by atoms with E-state index in [9.17, 15) is 23.2 Å². The standard InChI is InChI=1S/C23H27F2N3O5/c1-2-3-4-5-13-32-18-11-9-16(10-12-18)22(31)28-27-20(29)15-26-21(30)17-7-6-8-19(14-17)33-23(24)25/h6-12,14,23H,2-5,13,15H2,1H3,(H,26,30)(H,27,29)(H,28,31). The summed E-state index contributed by atoms with van der Waals surface area (Å²) in [6.07, 6.45) is 4.39. The van der Waals surface area contributed by atoms with Crippen molar-refractivity contribution in [1.82, 2.24) is 16.2 Å². The molecule has 3 amide bonds. The van der Waals surface area contributed by atoms with E-state index in [0.717, 1.165) is 25.3 Å². The first kappa shape index (κ1) is 25.6. The number of alkyl halides is 2. The van der Waals surface area contributed by atoms with E-state index < -0.39 is 30.9 Å². The number of benzene rings is 2. The van der Waals surface area contributed by atoms with Gasteiger partial charge in [0.15, 0.2) is 0 Å². The zero-order valence-electron chi connectivity index (χ0n) is 18.2. The number of carbonyl (C=O) groups is 3. The number of halogens is 2. The van der Waals surface area contributed by atoms with Gasteiger partial charge < -0.3 is 14.8 Å². The van der Waals surface area contributed by atoms with E-state index in [1.807, 2.05) is 0 Å². The fourth-order valence-corrected chi connectivity index (χ4v) is 2.74. The highest BCUT2D eigenvalue weighted by Crippen LogP contribution is 2.16. The molecule has 10 heteroatoms. The molecule has 3 N–H and O–H groups in total. The first-order valence-electron chi connectivity index (χ1n) is 10.5. The number of rotatable bonds is 12. The summed E-state index contributed by atoms with van der Waals surface area (Å²) in [5, 5.41) is 2.32. The van der Waals surface area contributed by atoms with E-state index >= 15 is 0 Å². The van der Waals surface area contributed by atoms with Crippen LogP contribution in [0.5, 0.6) is 11.5 Å². The molecule has 0 heterocycles. The van der Waals surface area contributed by atoms with E-state index in [2.05, 4.69) is 27.8 Å². The maximum atomic E-state index is 12.3. The lowest BCUT2D eigenvalue weighted by Gasteiger charge is -2.10. The van der Waals surface area contributed by atoms with Crippen LogP contribution in [0.15, 0.2) is 48.5 Å². The van der Waals surface area contributed by atoms with Gasteiger partial charge in [-0.2, -0.15) is 8.78 Å². The Bertz CT molecular complexity index is 923. The summed E-state index contributed by atoms with van der Waals surface area (Å²) in [7, 11) is 0.